The molecule has 0 radical (unpaired) electrons. The van der Waals surface area contributed by atoms with Crippen molar-refractivity contribution in [3.63, 3.8) is 0 Å². The lowest BCUT2D eigenvalue weighted by Crippen LogP contribution is -2.24. The molecule has 2 aromatic heterocycles. The van der Waals surface area contributed by atoms with Crippen LogP contribution >= 0.6 is 11.8 Å². The molecule has 0 bridgehead atoms. The molecule has 0 saturated heterocycles. The third-order valence-corrected chi connectivity index (χ3v) is 4.94. The number of benzene rings is 1. The number of thioether (sulfide) groups is 1. The highest BCUT2D eigenvalue weighted by Crippen LogP contribution is 2.32. The first-order chi connectivity index (χ1) is 13.7. The van der Waals surface area contributed by atoms with Crippen molar-refractivity contribution < 1.29 is 14.3 Å². The number of hydrogen-bond donors (Lipinski definition) is 1. The molecule has 1 aromatic carbocycles. The fourth-order valence-corrected chi connectivity index (χ4v) is 3.47. The molecule has 142 valence electrons. The van der Waals surface area contributed by atoms with Gasteiger partial charge in [0.15, 0.2) is 17.3 Å². The van der Waals surface area contributed by atoms with Gasteiger partial charge in [-0.3, -0.25) is 9.78 Å². The lowest BCUT2D eigenvalue weighted by atomic mass is 10.2. The van der Waals surface area contributed by atoms with Gasteiger partial charge in [-0.1, -0.05) is 17.8 Å². The summed E-state index contributed by atoms with van der Waals surface area (Å²) in [6, 6.07) is 11.3. The smallest absolute Gasteiger partial charge is 0.231 e. The van der Waals surface area contributed by atoms with Crippen LogP contribution in [0.5, 0.6) is 11.5 Å². The van der Waals surface area contributed by atoms with Crippen molar-refractivity contribution in [3.8, 4) is 22.9 Å². The molecule has 1 aliphatic rings. The fourth-order valence-electron chi connectivity index (χ4n) is 2.68. The summed E-state index contributed by atoms with van der Waals surface area (Å²) >= 11 is 1.38. The molecule has 28 heavy (non-hydrogen) atoms. The van der Waals surface area contributed by atoms with Gasteiger partial charge >= 0.3 is 0 Å². The Morgan fingerprint density at radius 1 is 1.18 bits per heavy atom. The van der Waals surface area contributed by atoms with Crippen LogP contribution in [0.15, 0.2) is 53.8 Å². The molecule has 0 saturated carbocycles. The van der Waals surface area contributed by atoms with Crippen LogP contribution in [0.4, 0.5) is 0 Å². The summed E-state index contributed by atoms with van der Waals surface area (Å²) in [7, 11) is 0. The van der Waals surface area contributed by atoms with Crippen LogP contribution in [0.25, 0.3) is 11.4 Å². The molecule has 4 rings (SSSR count). The van der Waals surface area contributed by atoms with Crippen LogP contribution < -0.4 is 14.8 Å². The first-order valence-electron chi connectivity index (χ1n) is 8.71. The third-order valence-electron chi connectivity index (χ3n) is 4.03. The van der Waals surface area contributed by atoms with E-state index in [1.165, 1.54) is 11.8 Å². The molecule has 0 unspecified atom stereocenters. The number of ether oxygens (including phenoxy) is 2. The van der Waals surface area contributed by atoms with Gasteiger partial charge < -0.3 is 14.8 Å². The van der Waals surface area contributed by atoms with E-state index in [4.69, 9.17) is 9.47 Å². The molecule has 7 nitrogen and oxygen atoms in total. The van der Waals surface area contributed by atoms with Gasteiger partial charge in [0.2, 0.25) is 12.7 Å². The molecule has 1 N–H and O–H groups in total. The minimum Gasteiger partial charge on any atom is -0.454 e. The van der Waals surface area contributed by atoms with Crippen molar-refractivity contribution in [2.45, 2.75) is 18.5 Å². The Labute approximate surface area is 166 Å². The van der Waals surface area contributed by atoms with E-state index in [1.807, 2.05) is 43.3 Å². The normalized spacial score (nSPS) is 12.0. The van der Waals surface area contributed by atoms with Crippen LogP contribution in [-0.2, 0) is 11.3 Å². The Hall–Kier alpha value is -3.13. The highest BCUT2D eigenvalue weighted by molar-refractivity contribution is 7.99. The molecule has 0 spiro atoms. The number of pyridine rings is 1. The van der Waals surface area contributed by atoms with Gasteiger partial charge in [-0.15, -0.1) is 0 Å². The van der Waals surface area contributed by atoms with Gasteiger partial charge in [0.1, 0.15) is 5.03 Å². The second kappa shape index (κ2) is 8.26. The lowest BCUT2D eigenvalue weighted by molar-refractivity contribution is -0.118. The van der Waals surface area contributed by atoms with Gasteiger partial charge in [-0.2, -0.15) is 0 Å². The average molecular weight is 394 g/mol. The van der Waals surface area contributed by atoms with Crippen LogP contribution in [0.2, 0.25) is 0 Å². The molecular formula is C20H18N4O3S. The highest BCUT2D eigenvalue weighted by atomic mass is 32.2. The number of hydrogen-bond acceptors (Lipinski definition) is 7. The monoisotopic (exact) mass is 394 g/mol. The summed E-state index contributed by atoms with van der Waals surface area (Å²) in [6.07, 6.45) is 3.43. The predicted octanol–water partition coefficient (Wildman–Crippen LogP) is 2.98. The Kier molecular flexibility index (Phi) is 5.38. The van der Waals surface area contributed by atoms with Crippen LogP contribution in [0.1, 0.15) is 11.3 Å². The largest absolute Gasteiger partial charge is 0.454 e. The zero-order valence-corrected chi connectivity index (χ0v) is 16.0. The van der Waals surface area contributed by atoms with E-state index in [2.05, 4.69) is 20.3 Å². The summed E-state index contributed by atoms with van der Waals surface area (Å²) in [5, 5.41) is 3.67. The molecular weight excluding hydrogens is 376 g/mol. The summed E-state index contributed by atoms with van der Waals surface area (Å²) < 4.78 is 10.6. The Balaban J connectivity index is 1.34. The van der Waals surface area contributed by atoms with E-state index in [-0.39, 0.29) is 18.5 Å². The maximum absolute atomic E-state index is 12.2. The van der Waals surface area contributed by atoms with E-state index in [0.717, 1.165) is 27.6 Å². The standard InChI is InChI=1S/C20H18N4O3S/c1-13-7-19(24-20(23-13)15-3-2-6-21-10-15)28-11-18(25)22-9-14-4-5-16-17(8-14)27-12-26-16/h2-8,10H,9,11-12H2,1H3,(H,22,25). The van der Waals surface area contributed by atoms with Gasteiger partial charge in [0, 0.05) is 30.2 Å². The molecule has 1 amide bonds. The quantitative estimate of drug-likeness (QED) is 0.508. The van der Waals surface area contributed by atoms with Gasteiger partial charge in [0.05, 0.1) is 5.75 Å². The number of carbonyl (C=O) groups is 1. The minimum absolute atomic E-state index is 0.0677. The van der Waals surface area contributed by atoms with E-state index in [1.54, 1.807) is 12.4 Å². The molecule has 8 heteroatoms. The molecule has 3 aromatic rings. The number of amides is 1. The molecule has 0 fully saturated rings. The second-order valence-corrected chi connectivity index (χ2v) is 7.16. The SMILES string of the molecule is Cc1cc(SCC(=O)NCc2ccc3c(c2)OCO3)nc(-c2cccnc2)n1. The van der Waals surface area contributed by atoms with Crippen molar-refractivity contribution >= 4 is 17.7 Å². The minimum atomic E-state index is -0.0677. The zero-order valence-electron chi connectivity index (χ0n) is 15.2. The van der Waals surface area contributed by atoms with Gasteiger partial charge in [-0.05, 0) is 42.8 Å². The van der Waals surface area contributed by atoms with Crippen LogP contribution in [-0.4, -0.2) is 33.4 Å². The number of aromatic nitrogens is 3. The number of fused-ring (bicyclic) bond motifs is 1. The summed E-state index contributed by atoms with van der Waals surface area (Å²) in [5.74, 6) is 2.25. The first-order valence-corrected chi connectivity index (χ1v) is 9.70. The number of rotatable bonds is 6. The second-order valence-electron chi connectivity index (χ2n) is 6.17. The topological polar surface area (TPSA) is 86.2 Å². The lowest BCUT2D eigenvalue weighted by Gasteiger charge is -2.07. The summed E-state index contributed by atoms with van der Waals surface area (Å²) in [6.45, 7) is 2.58. The van der Waals surface area contributed by atoms with Crippen LogP contribution in [0.3, 0.4) is 0 Å². The van der Waals surface area contributed by atoms with E-state index in [0.29, 0.717) is 18.1 Å². The van der Waals surface area contributed by atoms with Gasteiger partial charge in [-0.25, -0.2) is 9.97 Å². The maximum Gasteiger partial charge on any atom is 0.231 e. The Morgan fingerprint density at radius 3 is 2.93 bits per heavy atom. The van der Waals surface area contributed by atoms with Crippen molar-refractivity contribution in [1.82, 2.24) is 20.3 Å². The predicted molar refractivity (Wildman–Crippen MR) is 105 cm³/mol. The average Bonchev–Trinajstić information content (AvgIpc) is 3.19. The highest BCUT2D eigenvalue weighted by Gasteiger charge is 2.13. The molecule has 1 aliphatic heterocycles. The number of carbonyl (C=O) groups excluding carboxylic acids is 1. The fraction of sp³-hybridized carbons (Fsp3) is 0.200. The Morgan fingerprint density at radius 2 is 2.07 bits per heavy atom. The third kappa shape index (κ3) is 4.40. The molecule has 0 atom stereocenters. The van der Waals surface area contributed by atoms with Crippen molar-refractivity contribution in [2.24, 2.45) is 0 Å². The first kappa shape index (κ1) is 18.2. The molecule has 0 aliphatic carbocycles. The number of nitrogens with one attached hydrogen (secondary N) is 1. The van der Waals surface area contributed by atoms with E-state index < -0.39 is 0 Å². The van der Waals surface area contributed by atoms with Crippen molar-refractivity contribution in [1.29, 1.82) is 0 Å². The van der Waals surface area contributed by atoms with Crippen molar-refractivity contribution in [3.05, 3.63) is 60.0 Å². The summed E-state index contributed by atoms with van der Waals surface area (Å²) in [4.78, 5) is 25.3. The number of nitrogens with zero attached hydrogens (tertiary/aromatic N) is 3. The van der Waals surface area contributed by atoms with Crippen LogP contribution in [0, 0.1) is 6.92 Å². The zero-order chi connectivity index (χ0) is 19.3. The van der Waals surface area contributed by atoms with Crippen molar-refractivity contribution in [2.75, 3.05) is 12.5 Å². The van der Waals surface area contributed by atoms with E-state index in [9.17, 15) is 4.79 Å². The summed E-state index contributed by atoms with van der Waals surface area (Å²) in [5.41, 5.74) is 2.65. The molecule has 3 heterocycles. The maximum atomic E-state index is 12.2. The van der Waals surface area contributed by atoms with Gasteiger partial charge in [0.25, 0.3) is 0 Å². The number of aryl methyl sites for hydroxylation is 1. The Bertz CT molecular complexity index is 998. The van der Waals surface area contributed by atoms with E-state index >= 15 is 0 Å².